The molecule has 0 heterocycles. The van der Waals surface area contributed by atoms with Gasteiger partial charge < -0.3 is 15.2 Å². The first kappa shape index (κ1) is 16.5. The van der Waals surface area contributed by atoms with Crippen LogP contribution < -0.4 is 10.5 Å². The van der Waals surface area contributed by atoms with Crippen molar-refractivity contribution in [2.75, 3.05) is 7.11 Å². The van der Waals surface area contributed by atoms with Crippen LogP contribution in [0.25, 0.3) is 0 Å². The standard InChI is InChI=1S/C16H25NO3/c1-15(2,3)20-12-9-7-11(8-10-12)13(17)16(4,5)14(18)19-6/h7-10,13H,17H2,1-6H3/t13-/m0/s1. The maximum atomic E-state index is 11.8. The van der Waals surface area contributed by atoms with E-state index in [4.69, 9.17) is 15.2 Å². The van der Waals surface area contributed by atoms with Crippen molar-refractivity contribution < 1.29 is 14.3 Å². The van der Waals surface area contributed by atoms with E-state index in [2.05, 4.69) is 0 Å². The number of benzene rings is 1. The first-order valence-electron chi connectivity index (χ1n) is 6.71. The Balaban J connectivity index is 2.91. The maximum absolute atomic E-state index is 11.8. The van der Waals surface area contributed by atoms with Gasteiger partial charge in [0.15, 0.2) is 0 Å². The minimum atomic E-state index is -0.777. The number of carbonyl (C=O) groups is 1. The van der Waals surface area contributed by atoms with Crippen LogP contribution in [-0.4, -0.2) is 18.7 Å². The Hall–Kier alpha value is -1.55. The zero-order valence-corrected chi connectivity index (χ0v) is 13.2. The molecule has 1 atom stereocenters. The summed E-state index contributed by atoms with van der Waals surface area (Å²) < 4.78 is 10.6. The molecule has 0 spiro atoms. The fourth-order valence-electron chi connectivity index (χ4n) is 1.90. The minimum absolute atomic E-state index is 0.241. The van der Waals surface area contributed by atoms with Gasteiger partial charge in [0.1, 0.15) is 11.4 Å². The summed E-state index contributed by atoms with van der Waals surface area (Å²) >= 11 is 0. The van der Waals surface area contributed by atoms with Crippen molar-refractivity contribution in [2.45, 2.75) is 46.3 Å². The third kappa shape index (κ3) is 3.97. The fraction of sp³-hybridized carbons (Fsp3) is 0.562. The highest BCUT2D eigenvalue weighted by Crippen LogP contribution is 2.33. The van der Waals surface area contributed by atoms with Crippen LogP contribution in [0, 0.1) is 5.41 Å². The van der Waals surface area contributed by atoms with Gasteiger partial charge in [-0.15, -0.1) is 0 Å². The van der Waals surface area contributed by atoms with Gasteiger partial charge in [0.25, 0.3) is 0 Å². The quantitative estimate of drug-likeness (QED) is 0.860. The molecule has 0 unspecified atom stereocenters. The largest absolute Gasteiger partial charge is 0.488 e. The van der Waals surface area contributed by atoms with Crippen molar-refractivity contribution in [3.8, 4) is 5.75 Å². The lowest BCUT2D eigenvalue weighted by molar-refractivity contribution is -0.152. The molecule has 0 aliphatic heterocycles. The predicted octanol–water partition coefficient (Wildman–Crippen LogP) is 3.06. The maximum Gasteiger partial charge on any atom is 0.313 e. The van der Waals surface area contributed by atoms with E-state index >= 15 is 0 Å². The van der Waals surface area contributed by atoms with Gasteiger partial charge in [-0.05, 0) is 52.3 Å². The number of methoxy groups -OCH3 is 1. The molecule has 0 aliphatic carbocycles. The van der Waals surface area contributed by atoms with Gasteiger partial charge in [0, 0.05) is 6.04 Å². The number of carbonyl (C=O) groups excluding carboxylic acids is 1. The van der Waals surface area contributed by atoms with Gasteiger partial charge in [-0.2, -0.15) is 0 Å². The summed E-state index contributed by atoms with van der Waals surface area (Å²) in [5, 5.41) is 0. The second-order valence-corrected chi connectivity index (χ2v) is 6.47. The molecule has 0 aromatic heterocycles. The number of nitrogens with two attached hydrogens (primary N) is 1. The van der Waals surface area contributed by atoms with E-state index in [1.54, 1.807) is 13.8 Å². The molecule has 4 nitrogen and oxygen atoms in total. The number of rotatable bonds is 4. The van der Waals surface area contributed by atoms with Crippen molar-refractivity contribution in [1.29, 1.82) is 0 Å². The molecule has 0 bridgehead atoms. The second-order valence-electron chi connectivity index (χ2n) is 6.47. The predicted molar refractivity (Wildman–Crippen MR) is 79.5 cm³/mol. The zero-order valence-electron chi connectivity index (χ0n) is 13.2. The van der Waals surface area contributed by atoms with Crippen LogP contribution in [0.1, 0.15) is 46.2 Å². The minimum Gasteiger partial charge on any atom is -0.488 e. The first-order chi connectivity index (χ1) is 9.08. The molecule has 4 heteroatoms. The van der Waals surface area contributed by atoms with Gasteiger partial charge >= 0.3 is 5.97 Å². The molecule has 0 amide bonds. The lowest BCUT2D eigenvalue weighted by atomic mass is 9.81. The monoisotopic (exact) mass is 279 g/mol. The van der Waals surface area contributed by atoms with Gasteiger partial charge in [-0.25, -0.2) is 0 Å². The lowest BCUT2D eigenvalue weighted by Crippen LogP contribution is -2.37. The van der Waals surface area contributed by atoms with Gasteiger partial charge in [-0.1, -0.05) is 12.1 Å². The SMILES string of the molecule is COC(=O)C(C)(C)[C@@H](N)c1ccc(OC(C)(C)C)cc1. The molecule has 1 aromatic rings. The molecule has 112 valence electrons. The van der Waals surface area contributed by atoms with Crippen molar-refractivity contribution in [3.63, 3.8) is 0 Å². The summed E-state index contributed by atoms with van der Waals surface area (Å²) in [5.41, 5.74) is 6.04. The van der Waals surface area contributed by atoms with Crippen LogP contribution in [0.5, 0.6) is 5.75 Å². The van der Waals surface area contributed by atoms with Crippen LogP contribution in [0.2, 0.25) is 0 Å². The van der Waals surface area contributed by atoms with Crippen molar-refractivity contribution in [1.82, 2.24) is 0 Å². The Bertz CT molecular complexity index is 458. The molecule has 1 aromatic carbocycles. The number of hydrogen-bond donors (Lipinski definition) is 1. The van der Waals surface area contributed by atoms with Crippen molar-refractivity contribution in [3.05, 3.63) is 29.8 Å². The fourth-order valence-corrected chi connectivity index (χ4v) is 1.90. The van der Waals surface area contributed by atoms with Gasteiger partial charge in [-0.3, -0.25) is 4.79 Å². The average molecular weight is 279 g/mol. The third-order valence-corrected chi connectivity index (χ3v) is 3.15. The molecule has 1 rings (SSSR count). The highest BCUT2D eigenvalue weighted by Gasteiger charge is 2.36. The lowest BCUT2D eigenvalue weighted by Gasteiger charge is -2.29. The van der Waals surface area contributed by atoms with Crippen LogP contribution >= 0.6 is 0 Å². The van der Waals surface area contributed by atoms with E-state index in [0.717, 1.165) is 11.3 Å². The molecule has 20 heavy (non-hydrogen) atoms. The zero-order chi connectivity index (χ0) is 15.6. The molecule has 0 aliphatic rings. The summed E-state index contributed by atoms with van der Waals surface area (Å²) in [4.78, 5) is 11.8. The van der Waals surface area contributed by atoms with Crippen LogP contribution in [0.15, 0.2) is 24.3 Å². The second kappa shape index (κ2) is 5.83. The number of hydrogen-bond acceptors (Lipinski definition) is 4. The molecular formula is C16H25NO3. The Kier molecular flexibility index (Phi) is 4.81. The molecule has 0 saturated heterocycles. The number of esters is 1. The van der Waals surface area contributed by atoms with Crippen molar-refractivity contribution >= 4 is 5.97 Å². The Morgan fingerprint density at radius 3 is 2.00 bits per heavy atom. The molecule has 0 radical (unpaired) electrons. The van der Waals surface area contributed by atoms with Gasteiger partial charge in [0.2, 0.25) is 0 Å². The van der Waals surface area contributed by atoms with Gasteiger partial charge in [0.05, 0.1) is 12.5 Å². The molecular weight excluding hydrogens is 254 g/mol. The van der Waals surface area contributed by atoms with E-state index in [0.29, 0.717) is 0 Å². The first-order valence-corrected chi connectivity index (χ1v) is 6.71. The third-order valence-electron chi connectivity index (χ3n) is 3.15. The Labute approximate surface area is 121 Å². The van der Waals surface area contributed by atoms with Crippen molar-refractivity contribution in [2.24, 2.45) is 11.1 Å². The van der Waals surface area contributed by atoms with E-state index in [-0.39, 0.29) is 11.6 Å². The number of ether oxygens (including phenoxy) is 2. The molecule has 0 saturated carbocycles. The van der Waals surface area contributed by atoms with E-state index in [9.17, 15) is 4.79 Å². The van der Waals surface area contributed by atoms with Crippen LogP contribution in [0.3, 0.4) is 0 Å². The topological polar surface area (TPSA) is 61.5 Å². The molecule has 2 N–H and O–H groups in total. The Morgan fingerprint density at radius 1 is 1.10 bits per heavy atom. The summed E-state index contributed by atoms with van der Waals surface area (Å²) in [6.45, 7) is 9.54. The summed E-state index contributed by atoms with van der Waals surface area (Å²) in [6, 6.07) is 7.08. The highest BCUT2D eigenvalue weighted by molar-refractivity contribution is 5.77. The van der Waals surface area contributed by atoms with E-state index in [1.807, 2.05) is 45.0 Å². The van der Waals surface area contributed by atoms with Crippen LogP contribution in [-0.2, 0) is 9.53 Å². The summed E-state index contributed by atoms with van der Waals surface area (Å²) in [5.74, 6) is 0.462. The smallest absolute Gasteiger partial charge is 0.313 e. The van der Waals surface area contributed by atoms with Crippen LogP contribution in [0.4, 0.5) is 0 Å². The Morgan fingerprint density at radius 2 is 1.60 bits per heavy atom. The summed E-state index contributed by atoms with van der Waals surface area (Å²) in [7, 11) is 1.37. The van der Waals surface area contributed by atoms with E-state index in [1.165, 1.54) is 7.11 Å². The molecule has 0 fully saturated rings. The van der Waals surface area contributed by atoms with E-state index < -0.39 is 11.5 Å². The normalized spacial score (nSPS) is 13.8. The summed E-state index contributed by atoms with van der Waals surface area (Å²) in [6.07, 6.45) is 0. The average Bonchev–Trinajstić information content (AvgIpc) is 2.35. The highest BCUT2D eigenvalue weighted by atomic mass is 16.5.